The smallest absolute Gasteiger partial charge is 0.314 e. The minimum atomic E-state index is 0.631. The highest BCUT2D eigenvalue weighted by Crippen LogP contribution is 2.05. The first-order valence-electron chi connectivity index (χ1n) is 3.09. The maximum Gasteiger partial charge on any atom is 0.314 e. The fourth-order valence-corrected chi connectivity index (χ4v) is 1.83. The van der Waals surface area contributed by atoms with E-state index in [4.69, 9.17) is 12.6 Å². The third kappa shape index (κ3) is 1.06. The number of rotatable bonds is 0. The number of hydrogen-bond donors (Lipinski definition) is 0. The summed E-state index contributed by atoms with van der Waals surface area (Å²) >= 11 is 6.34. The van der Waals surface area contributed by atoms with Gasteiger partial charge in [-0.25, -0.2) is 0 Å². The molecular formula is C6H5N3S2. The molecule has 2 aromatic rings. The van der Waals surface area contributed by atoms with Gasteiger partial charge in [-0.3, -0.25) is 11.3 Å². The molecule has 0 saturated carbocycles. The van der Waals surface area contributed by atoms with Crippen LogP contribution in [0, 0.1) is 6.92 Å². The Labute approximate surface area is 73.1 Å². The maximum absolute atomic E-state index is 4.92. The fraction of sp³-hybridized carbons (Fsp3) is 0.167. The third-order valence-corrected chi connectivity index (χ3v) is 2.43. The van der Waals surface area contributed by atoms with Gasteiger partial charge in [0.15, 0.2) is 0 Å². The molecule has 2 heterocycles. The highest BCUT2D eigenvalue weighted by molar-refractivity contribution is 7.62. The van der Waals surface area contributed by atoms with E-state index in [-0.39, 0.29) is 0 Å². The summed E-state index contributed by atoms with van der Waals surface area (Å²) in [6, 6.07) is 1.90. The molecule has 0 aliphatic rings. The van der Waals surface area contributed by atoms with E-state index in [1.807, 2.05) is 13.0 Å². The number of fused-ring (bicyclic) bond motifs is 1. The molecule has 2 aromatic heterocycles. The van der Waals surface area contributed by atoms with Crippen LogP contribution in [0.1, 0.15) is 5.69 Å². The van der Waals surface area contributed by atoms with Crippen molar-refractivity contribution in [3.63, 3.8) is 0 Å². The van der Waals surface area contributed by atoms with Crippen LogP contribution in [0.4, 0.5) is 0 Å². The van der Waals surface area contributed by atoms with Gasteiger partial charge in [0.2, 0.25) is 0 Å². The van der Waals surface area contributed by atoms with E-state index in [1.165, 1.54) is 11.3 Å². The molecule has 0 saturated heterocycles. The quantitative estimate of drug-likeness (QED) is 0.440. The Morgan fingerprint density at radius 1 is 1.64 bits per heavy atom. The van der Waals surface area contributed by atoms with Crippen molar-refractivity contribution < 1.29 is 4.52 Å². The van der Waals surface area contributed by atoms with E-state index >= 15 is 0 Å². The van der Waals surface area contributed by atoms with Gasteiger partial charge in [-0.05, 0) is 0 Å². The van der Waals surface area contributed by atoms with Crippen molar-refractivity contribution in [2.24, 2.45) is 0 Å². The normalized spacial score (nSPS) is 10.6. The third-order valence-electron chi connectivity index (χ3n) is 1.38. The molecule has 0 N–H and O–H groups in total. The van der Waals surface area contributed by atoms with Crippen molar-refractivity contribution in [1.82, 2.24) is 10.1 Å². The summed E-state index contributed by atoms with van der Waals surface area (Å²) in [6.07, 6.45) is 1.76. The second-order valence-corrected chi connectivity index (χ2v) is 3.75. The number of hydrogen-bond acceptors (Lipinski definition) is 4. The van der Waals surface area contributed by atoms with Gasteiger partial charge in [-0.15, -0.1) is 4.52 Å². The van der Waals surface area contributed by atoms with Gasteiger partial charge in [-0.2, -0.15) is 0 Å². The van der Waals surface area contributed by atoms with Crippen molar-refractivity contribution in [3.05, 3.63) is 18.0 Å². The molecular weight excluding hydrogens is 178 g/mol. The van der Waals surface area contributed by atoms with Crippen LogP contribution >= 0.6 is 11.3 Å². The zero-order valence-corrected chi connectivity index (χ0v) is 7.45. The average molecular weight is 183 g/mol. The number of aryl methyl sites for hydroxylation is 1. The molecule has 0 radical (unpaired) electrons. The zero-order chi connectivity index (χ0) is 7.84. The second-order valence-electron chi connectivity index (χ2n) is 2.15. The molecule has 56 valence electrons. The van der Waals surface area contributed by atoms with Gasteiger partial charge in [0.1, 0.15) is 11.9 Å². The number of nitrogens with zero attached hydrogens (tertiary/aromatic N) is 3. The number of aromatic nitrogens is 3. The Morgan fingerprint density at radius 2 is 2.45 bits per heavy atom. The topological polar surface area (TPSA) is 29.9 Å². The highest BCUT2D eigenvalue weighted by atomic mass is 32.2. The lowest BCUT2D eigenvalue weighted by Crippen LogP contribution is -2.27. The van der Waals surface area contributed by atoms with Gasteiger partial charge >= 0.3 is 4.96 Å². The SMILES string of the molecule is Cc1ccnc2sc([S-])n[n+]12. The monoisotopic (exact) mass is 183 g/mol. The first kappa shape index (κ1) is 6.87. The fourth-order valence-electron chi connectivity index (χ4n) is 0.856. The lowest BCUT2D eigenvalue weighted by atomic mass is 10.5. The highest BCUT2D eigenvalue weighted by Gasteiger charge is 2.03. The van der Waals surface area contributed by atoms with Crippen molar-refractivity contribution in [1.29, 1.82) is 0 Å². The minimum absolute atomic E-state index is 0.631. The first-order valence-corrected chi connectivity index (χ1v) is 4.31. The summed E-state index contributed by atoms with van der Waals surface area (Å²) in [5.41, 5.74) is 1.06. The minimum Gasteiger partial charge on any atom is -0.404 e. The molecule has 3 nitrogen and oxygen atoms in total. The van der Waals surface area contributed by atoms with Crippen LogP contribution in [0.25, 0.3) is 4.96 Å². The summed E-state index contributed by atoms with van der Waals surface area (Å²) in [7, 11) is 0. The molecule has 0 aliphatic carbocycles. The van der Waals surface area contributed by atoms with E-state index in [2.05, 4.69) is 10.1 Å². The van der Waals surface area contributed by atoms with E-state index in [9.17, 15) is 0 Å². The lowest BCUT2D eigenvalue weighted by molar-refractivity contribution is -0.588. The summed E-state index contributed by atoms with van der Waals surface area (Å²) in [6.45, 7) is 1.98. The van der Waals surface area contributed by atoms with Crippen LogP contribution in [-0.4, -0.2) is 10.1 Å². The van der Waals surface area contributed by atoms with Crippen LogP contribution in [0.5, 0.6) is 0 Å². The Kier molecular flexibility index (Phi) is 1.47. The van der Waals surface area contributed by atoms with Gasteiger partial charge in [0.05, 0.1) is 0 Å². The summed E-state index contributed by atoms with van der Waals surface area (Å²) in [5, 5.41) is 4.10. The van der Waals surface area contributed by atoms with E-state index in [0.29, 0.717) is 4.34 Å². The predicted molar refractivity (Wildman–Crippen MR) is 43.4 cm³/mol. The molecule has 0 aromatic carbocycles. The van der Waals surface area contributed by atoms with Crippen LogP contribution in [0.15, 0.2) is 16.6 Å². The van der Waals surface area contributed by atoms with Gasteiger partial charge in [-0.1, -0.05) is 10.1 Å². The van der Waals surface area contributed by atoms with Crippen LogP contribution in [-0.2, 0) is 12.6 Å². The molecule has 0 spiro atoms. The Hall–Kier alpha value is -0.810. The van der Waals surface area contributed by atoms with Crippen LogP contribution in [0.2, 0.25) is 0 Å². The summed E-state index contributed by atoms with van der Waals surface area (Å²) < 4.78 is 2.39. The lowest BCUT2D eigenvalue weighted by Gasteiger charge is -1.85. The van der Waals surface area contributed by atoms with E-state index < -0.39 is 0 Å². The molecule has 11 heavy (non-hydrogen) atoms. The molecule has 5 heteroatoms. The standard InChI is InChI=1S/C6H5N3S2/c1-4-2-3-7-5-9(4)8-6(10)11-5/h2-3H,1H3. The predicted octanol–water partition coefficient (Wildman–Crippen LogP) is 0.491. The van der Waals surface area contributed by atoms with Crippen LogP contribution < -0.4 is 4.52 Å². The van der Waals surface area contributed by atoms with E-state index in [1.54, 1.807) is 10.7 Å². The molecule has 0 atom stereocenters. The average Bonchev–Trinajstić information content (AvgIpc) is 2.31. The summed E-state index contributed by atoms with van der Waals surface area (Å²) in [5.74, 6) is 0. The Balaban J connectivity index is 2.90. The van der Waals surface area contributed by atoms with Crippen molar-refractivity contribution in [2.45, 2.75) is 11.3 Å². The van der Waals surface area contributed by atoms with Crippen molar-refractivity contribution >= 4 is 28.9 Å². The first-order chi connectivity index (χ1) is 5.27. The van der Waals surface area contributed by atoms with Gasteiger partial charge in [0, 0.05) is 17.3 Å². The largest absolute Gasteiger partial charge is 0.404 e. The van der Waals surface area contributed by atoms with Gasteiger partial charge < -0.3 is 12.6 Å². The van der Waals surface area contributed by atoms with E-state index in [0.717, 1.165) is 10.7 Å². The van der Waals surface area contributed by atoms with Crippen molar-refractivity contribution in [3.8, 4) is 0 Å². The molecule has 2 rings (SSSR count). The molecule has 0 bridgehead atoms. The maximum atomic E-state index is 4.92. The molecule has 0 unspecified atom stereocenters. The second kappa shape index (κ2) is 2.35. The molecule has 0 aliphatic heterocycles. The summed E-state index contributed by atoms with van der Waals surface area (Å²) in [4.78, 5) is 4.97. The zero-order valence-electron chi connectivity index (χ0n) is 5.81. The molecule has 0 amide bonds. The van der Waals surface area contributed by atoms with Crippen LogP contribution in [0.3, 0.4) is 0 Å². The Morgan fingerprint density at radius 3 is 3.18 bits per heavy atom. The van der Waals surface area contributed by atoms with Crippen molar-refractivity contribution in [2.75, 3.05) is 0 Å². The Bertz CT molecular complexity index is 396. The van der Waals surface area contributed by atoms with Gasteiger partial charge in [0.25, 0.3) is 0 Å². The molecule has 0 fully saturated rings.